The van der Waals surface area contributed by atoms with Gasteiger partial charge < -0.3 is 0 Å². The van der Waals surface area contributed by atoms with Gasteiger partial charge in [0, 0.05) is 0 Å². The fourth-order valence-corrected chi connectivity index (χ4v) is 4.60. The van der Waals surface area contributed by atoms with E-state index in [0.717, 1.165) is 35.5 Å². The molecule has 84 valence electrons. The van der Waals surface area contributed by atoms with Crippen LogP contribution in [0.2, 0.25) is 0 Å². The molecule has 0 bridgehead atoms. The summed E-state index contributed by atoms with van der Waals surface area (Å²) in [4.78, 5) is 0. The second kappa shape index (κ2) is 3.64. The van der Waals surface area contributed by atoms with E-state index in [1.165, 1.54) is 25.7 Å². The van der Waals surface area contributed by atoms with Crippen LogP contribution < -0.4 is 0 Å². The summed E-state index contributed by atoms with van der Waals surface area (Å²) in [6.07, 6.45) is 12.3. The molecule has 0 aliphatic heterocycles. The topological polar surface area (TPSA) is 0 Å². The van der Waals surface area contributed by atoms with Crippen LogP contribution in [-0.2, 0) is 0 Å². The third kappa shape index (κ3) is 1.57. The molecule has 0 aromatic heterocycles. The van der Waals surface area contributed by atoms with Gasteiger partial charge >= 0.3 is 0 Å². The molecule has 3 aliphatic carbocycles. The minimum Gasteiger partial charge on any atom is -0.0880 e. The first-order valence-corrected chi connectivity index (χ1v) is 6.98. The van der Waals surface area contributed by atoms with Crippen molar-refractivity contribution < 1.29 is 0 Å². The van der Waals surface area contributed by atoms with Crippen molar-refractivity contribution >= 4 is 0 Å². The van der Waals surface area contributed by atoms with Crippen molar-refractivity contribution in [3.05, 3.63) is 12.2 Å². The van der Waals surface area contributed by atoms with E-state index >= 15 is 0 Å². The maximum absolute atomic E-state index is 2.51. The number of hydrogen-bond donors (Lipinski definition) is 0. The fraction of sp³-hybridized carbons (Fsp3) is 0.867. The van der Waals surface area contributed by atoms with E-state index in [1.807, 2.05) is 0 Å². The molecule has 0 radical (unpaired) electrons. The van der Waals surface area contributed by atoms with Gasteiger partial charge in [-0.05, 0) is 54.8 Å². The molecule has 6 unspecified atom stereocenters. The maximum atomic E-state index is 2.51. The van der Waals surface area contributed by atoms with Crippen molar-refractivity contribution in [3.63, 3.8) is 0 Å². The zero-order chi connectivity index (χ0) is 10.4. The SMILES string of the molecule is CCCC1C(C)C1C1CC2C=CCC2C1. The summed E-state index contributed by atoms with van der Waals surface area (Å²) in [5.74, 6) is 6.39. The van der Waals surface area contributed by atoms with E-state index in [0.29, 0.717) is 0 Å². The maximum Gasteiger partial charge on any atom is -0.0199 e. The molecule has 0 heteroatoms. The molecule has 0 saturated heterocycles. The van der Waals surface area contributed by atoms with E-state index in [1.54, 1.807) is 6.42 Å². The van der Waals surface area contributed by atoms with Gasteiger partial charge in [-0.1, -0.05) is 38.8 Å². The summed E-state index contributed by atoms with van der Waals surface area (Å²) in [6, 6.07) is 0. The first kappa shape index (κ1) is 9.93. The van der Waals surface area contributed by atoms with E-state index in [-0.39, 0.29) is 0 Å². The first-order chi connectivity index (χ1) is 7.31. The van der Waals surface area contributed by atoms with Crippen LogP contribution in [0.15, 0.2) is 12.2 Å². The molecule has 0 aromatic rings. The third-order valence-electron chi connectivity index (χ3n) is 5.41. The van der Waals surface area contributed by atoms with Crippen LogP contribution >= 0.6 is 0 Å². The Hall–Kier alpha value is -0.260. The minimum atomic E-state index is 0.977. The van der Waals surface area contributed by atoms with Crippen LogP contribution in [0.5, 0.6) is 0 Å². The lowest BCUT2D eigenvalue weighted by molar-refractivity contribution is 0.410. The van der Waals surface area contributed by atoms with Gasteiger partial charge in [0.15, 0.2) is 0 Å². The highest BCUT2D eigenvalue weighted by Crippen LogP contribution is 2.59. The van der Waals surface area contributed by atoms with Gasteiger partial charge in [-0.3, -0.25) is 0 Å². The standard InChI is InChI=1S/C15H24/c1-3-5-14-10(2)15(14)13-8-11-6-4-7-12(11)9-13/h4,6,10-15H,3,5,7-9H2,1-2H3. The Balaban J connectivity index is 1.59. The Kier molecular flexibility index (Phi) is 2.41. The second-order valence-corrected chi connectivity index (χ2v) is 6.21. The molecule has 0 nitrogen and oxygen atoms in total. The van der Waals surface area contributed by atoms with Gasteiger partial charge in [0.1, 0.15) is 0 Å². The van der Waals surface area contributed by atoms with Crippen molar-refractivity contribution in [2.45, 2.75) is 46.0 Å². The van der Waals surface area contributed by atoms with Crippen molar-refractivity contribution in [3.8, 4) is 0 Å². The predicted molar refractivity (Wildman–Crippen MR) is 64.5 cm³/mol. The summed E-state index contributed by atoms with van der Waals surface area (Å²) in [7, 11) is 0. The average Bonchev–Trinajstić information content (AvgIpc) is 2.63. The molecule has 0 aromatic carbocycles. The summed E-state index contributed by atoms with van der Waals surface area (Å²) < 4.78 is 0. The van der Waals surface area contributed by atoms with Gasteiger partial charge in [0.2, 0.25) is 0 Å². The molecule has 0 amide bonds. The summed E-state index contributed by atoms with van der Waals surface area (Å²) >= 11 is 0. The smallest absolute Gasteiger partial charge is 0.0199 e. The van der Waals surface area contributed by atoms with Crippen LogP contribution in [0.4, 0.5) is 0 Å². The lowest BCUT2D eigenvalue weighted by Crippen LogP contribution is -2.01. The highest BCUT2D eigenvalue weighted by atomic mass is 14.6. The highest BCUT2D eigenvalue weighted by Gasteiger charge is 2.52. The molecule has 0 heterocycles. The normalized spacial score (nSPS) is 52.1. The van der Waals surface area contributed by atoms with Crippen LogP contribution in [0.1, 0.15) is 46.0 Å². The van der Waals surface area contributed by atoms with Crippen molar-refractivity contribution in [1.82, 2.24) is 0 Å². The van der Waals surface area contributed by atoms with E-state index in [9.17, 15) is 0 Å². The quantitative estimate of drug-likeness (QED) is 0.602. The fourth-order valence-electron chi connectivity index (χ4n) is 4.60. The van der Waals surface area contributed by atoms with Gasteiger partial charge in [0.25, 0.3) is 0 Å². The third-order valence-corrected chi connectivity index (χ3v) is 5.41. The zero-order valence-electron chi connectivity index (χ0n) is 10.2. The van der Waals surface area contributed by atoms with Crippen LogP contribution in [-0.4, -0.2) is 0 Å². The molecule has 15 heavy (non-hydrogen) atoms. The predicted octanol–water partition coefficient (Wildman–Crippen LogP) is 4.27. The van der Waals surface area contributed by atoms with Crippen molar-refractivity contribution in [2.75, 3.05) is 0 Å². The van der Waals surface area contributed by atoms with E-state index in [2.05, 4.69) is 26.0 Å². The van der Waals surface area contributed by atoms with Crippen LogP contribution in [0.3, 0.4) is 0 Å². The monoisotopic (exact) mass is 204 g/mol. The Morgan fingerprint density at radius 1 is 1.20 bits per heavy atom. The van der Waals surface area contributed by atoms with Gasteiger partial charge in [-0.2, -0.15) is 0 Å². The van der Waals surface area contributed by atoms with Crippen LogP contribution in [0.25, 0.3) is 0 Å². The summed E-state index contributed by atoms with van der Waals surface area (Å²) in [5.41, 5.74) is 0. The first-order valence-electron chi connectivity index (χ1n) is 6.98. The lowest BCUT2D eigenvalue weighted by Gasteiger charge is -2.09. The molecule has 2 saturated carbocycles. The van der Waals surface area contributed by atoms with Crippen molar-refractivity contribution in [2.24, 2.45) is 35.5 Å². The van der Waals surface area contributed by atoms with Gasteiger partial charge in [0.05, 0.1) is 0 Å². The number of allylic oxidation sites excluding steroid dienone is 2. The molecule has 3 rings (SSSR count). The zero-order valence-corrected chi connectivity index (χ0v) is 10.2. The molecule has 2 fully saturated rings. The van der Waals surface area contributed by atoms with Crippen LogP contribution in [0, 0.1) is 35.5 Å². The number of hydrogen-bond acceptors (Lipinski definition) is 0. The Morgan fingerprint density at radius 3 is 2.80 bits per heavy atom. The Morgan fingerprint density at radius 2 is 2.07 bits per heavy atom. The molecule has 0 spiro atoms. The largest absolute Gasteiger partial charge is 0.0880 e. The molecule has 0 N–H and O–H groups in total. The van der Waals surface area contributed by atoms with Crippen molar-refractivity contribution in [1.29, 1.82) is 0 Å². The number of rotatable bonds is 3. The summed E-state index contributed by atoms with van der Waals surface area (Å²) in [6.45, 7) is 4.84. The van der Waals surface area contributed by atoms with Gasteiger partial charge in [-0.15, -0.1) is 0 Å². The number of fused-ring (bicyclic) bond motifs is 1. The van der Waals surface area contributed by atoms with Gasteiger partial charge in [-0.25, -0.2) is 0 Å². The lowest BCUT2D eigenvalue weighted by atomic mass is 9.96. The van der Waals surface area contributed by atoms with E-state index in [4.69, 9.17) is 0 Å². The second-order valence-electron chi connectivity index (χ2n) is 6.21. The average molecular weight is 204 g/mol. The molecular weight excluding hydrogens is 180 g/mol. The molecule has 3 aliphatic rings. The summed E-state index contributed by atoms with van der Waals surface area (Å²) in [5, 5.41) is 0. The Bertz CT molecular complexity index is 265. The highest BCUT2D eigenvalue weighted by molar-refractivity contribution is 5.09. The minimum absolute atomic E-state index is 0.977. The van der Waals surface area contributed by atoms with E-state index < -0.39 is 0 Å². The Labute approximate surface area is 94.1 Å². The molecule has 6 atom stereocenters. The molecular formula is C15H24.